The van der Waals surface area contributed by atoms with Crippen molar-refractivity contribution in [3.05, 3.63) is 64.0 Å². The Morgan fingerprint density at radius 3 is 2.60 bits per heavy atom. The minimum Gasteiger partial charge on any atom is -0.497 e. The molecule has 20 heavy (non-hydrogen) atoms. The number of nitro benzene ring substituents is 1. The van der Waals surface area contributed by atoms with Crippen LogP contribution >= 0.6 is 0 Å². The predicted molar refractivity (Wildman–Crippen MR) is 70.4 cm³/mol. The maximum Gasteiger partial charge on any atom is 0.304 e. The summed E-state index contributed by atoms with van der Waals surface area (Å²) < 4.78 is 24.0. The smallest absolute Gasteiger partial charge is 0.304 e. The summed E-state index contributed by atoms with van der Waals surface area (Å²) >= 11 is 0. The van der Waals surface area contributed by atoms with Gasteiger partial charge in [0.25, 0.3) is 0 Å². The average molecular weight is 277 g/mol. The summed E-state index contributed by atoms with van der Waals surface area (Å²) in [4.78, 5) is 9.74. The molecule has 104 valence electrons. The zero-order valence-corrected chi connectivity index (χ0v) is 10.7. The van der Waals surface area contributed by atoms with E-state index in [4.69, 9.17) is 9.47 Å². The van der Waals surface area contributed by atoms with Crippen LogP contribution in [-0.4, -0.2) is 12.0 Å². The molecule has 0 fully saturated rings. The maximum atomic E-state index is 13.4. The van der Waals surface area contributed by atoms with Crippen LogP contribution in [0.5, 0.6) is 11.5 Å². The van der Waals surface area contributed by atoms with Crippen LogP contribution in [0.3, 0.4) is 0 Å². The summed E-state index contributed by atoms with van der Waals surface area (Å²) in [5, 5.41) is 10.5. The lowest BCUT2D eigenvalue weighted by Crippen LogP contribution is -1.98. The zero-order chi connectivity index (χ0) is 14.5. The highest BCUT2D eigenvalue weighted by molar-refractivity contribution is 5.36. The second-order valence-corrected chi connectivity index (χ2v) is 4.01. The first kappa shape index (κ1) is 13.8. The van der Waals surface area contributed by atoms with E-state index in [9.17, 15) is 14.5 Å². The molecule has 0 saturated carbocycles. The van der Waals surface area contributed by atoms with Gasteiger partial charge >= 0.3 is 5.69 Å². The van der Waals surface area contributed by atoms with E-state index in [1.807, 2.05) is 0 Å². The molecule has 0 N–H and O–H groups in total. The monoisotopic (exact) mass is 277 g/mol. The van der Waals surface area contributed by atoms with E-state index in [-0.39, 0.29) is 6.61 Å². The fourth-order valence-electron chi connectivity index (χ4n) is 1.65. The summed E-state index contributed by atoms with van der Waals surface area (Å²) in [6.45, 7) is 0.113. The molecule has 6 heteroatoms. The van der Waals surface area contributed by atoms with Gasteiger partial charge < -0.3 is 9.47 Å². The van der Waals surface area contributed by atoms with Crippen molar-refractivity contribution in [1.82, 2.24) is 0 Å². The van der Waals surface area contributed by atoms with Gasteiger partial charge in [-0.15, -0.1) is 0 Å². The van der Waals surface area contributed by atoms with E-state index in [0.29, 0.717) is 17.1 Å². The van der Waals surface area contributed by atoms with Crippen molar-refractivity contribution in [1.29, 1.82) is 0 Å². The Hall–Kier alpha value is -2.63. The normalized spacial score (nSPS) is 10.1. The fraction of sp³-hybridized carbons (Fsp3) is 0.143. The molecule has 0 radical (unpaired) electrons. The fourth-order valence-corrected chi connectivity index (χ4v) is 1.65. The molecule has 5 nitrogen and oxygen atoms in total. The molecule has 0 heterocycles. The predicted octanol–water partition coefficient (Wildman–Crippen LogP) is 3.32. The minimum absolute atomic E-state index is 0.113. The van der Waals surface area contributed by atoms with Crippen LogP contribution in [0.2, 0.25) is 0 Å². The Bertz CT molecular complexity index is 630. The van der Waals surface area contributed by atoms with Crippen LogP contribution in [0.15, 0.2) is 42.5 Å². The summed E-state index contributed by atoms with van der Waals surface area (Å²) in [6, 6.07) is 10.7. The Balaban J connectivity index is 2.07. The second kappa shape index (κ2) is 6.01. The molecule has 0 saturated heterocycles. The highest BCUT2D eigenvalue weighted by Crippen LogP contribution is 2.22. The first-order chi connectivity index (χ1) is 9.60. The van der Waals surface area contributed by atoms with Gasteiger partial charge in [-0.25, -0.2) is 0 Å². The van der Waals surface area contributed by atoms with Crippen molar-refractivity contribution in [2.75, 3.05) is 7.11 Å². The molecular formula is C14H12FNO4. The molecule has 0 aliphatic rings. The van der Waals surface area contributed by atoms with Gasteiger partial charge in [0.1, 0.15) is 18.1 Å². The second-order valence-electron chi connectivity index (χ2n) is 4.01. The van der Waals surface area contributed by atoms with Gasteiger partial charge in [-0.05, 0) is 29.8 Å². The minimum atomic E-state index is -0.873. The van der Waals surface area contributed by atoms with Gasteiger partial charge in [0, 0.05) is 12.1 Å². The van der Waals surface area contributed by atoms with Gasteiger partial charge in [-0.3, -0.25) is 10.1 Å². The number of methoxy groups -OCH3 is 1. The van der Waals surface area contributed by atoms with Gasteiger partial charge in [-0.1, -0.05) is 6.07 Å². The van der Waals surface area contributed by atoms with Crippen LogP contribution < -0.4 is 9.47 Å². The number of rotatable bonds is 5. The molecule has 0 spiro atoms. The first-order valence-corrected chi connectivity index (χ1v) is 5.80. The summed E-state index contributed by atoms with van der Waals surface area (Å²) in [7, 11) is 1.55. The SMILES string of the molecule is COc1cccc(OCc2ccc([N+](=O)[O-])c(F)c2)c1. The van der Waals surface area contributed by atoms with Crippen LogP contribution in [0.4, 0.5) is 10.1 Å². The molecule has 2 rings (SSSR count). The van der Waals surface area contributed by atoms with Crippen LogP contribution in [0, 0.1) is 15.9 Å². The van der Waals surface area contributed by atoms with E-state index in [1.54, 1.807) is 31.4 Å². The van der Waals surface area contributed by atoms with Crippen LogP contribution in [0.25, 0.3) is 0 Å². The number of halogens is 1. The highest BCUT2D eigenvalue weighted by Gasteiger charge is 2.13. The maximum absolute atomic E-state index is 13.4. The van der Waals surface area contributed by atoms with Crippen molar-refractivity contribution in [2.24, 2.45) is 0 Å². The zero-order valence-electron chi connectivity index (χ0n) is 10.7. The molecule has 0 aromatic heterocycles. The lowest BCUT2D eigenvalue weighted by Gasteiger charge is -2.08. The van der Waals surface area contributed by atoms with E-state index >= 15 is 0 Å². The molecule has 0 aliphatic heterocycles. The molecule has 0 unspecified atom stereocenters. The quantitative estimate of drug-likeness (QED) is 0.621. The number of hydrogen-bond donors (Lipinski definition) is 0. The topological polar surface area (TPSA) is 61.6 Å². The Morgan fingerprint density at radius 1 is 1.20 bits per heavy atom. The van der Waals surface area contributed by atoms with Crippen molar-refractivity contribution >= 4 is 5.69 Å². The summed E-state index contributed by atoms with van der Waals surface area (Å²) in [5.41, 5.74) is -0.0361. The molecule has 0 aliphatic carbocycles. The summed E-state index contributed by atoms with van der Waals surface area (Å²) in [6.07, 6.45) is 0. The Morgan fingerprint density at radius 2 is 1.95 bits per heavy atom. The lowest BCUT2D eigenvalue weighted by molar-refractivity contribution is -0.387. The Labute approximate surface area is 114 Å². The molecule has 0 amide bonds. The lowest BCUT2D eigenvalue weighted by atomic mass is 10.2. The third-order valence-electron chi connectivity index (χ3n) is 2.66. The molecule has 2 aromatic rings. The van der Waals surface area contributed by atoms with Crippen molar-refractivity contribution < 1.29 is 18.8 Å². The highest BCUT2D eigenvalue weighted by atomic mass is 19.1. The molecule has 0 bridgehead atoms. The average Bonchev–Trinajstić information content (AvgIpc) is 2.45. The van der Waals surface area contributed by atoms with E-state index in [1.165, 1.54) is 6.07 Å². The van der Waals surface area contributed by atoms with Gasteiger partial charge in [0.2, 0.25) is 5.82 Å². The number of hydrogen-bond acceptors (Lipinski definition) is 4. The van der Waals surface area contributed by atoms with Crippen LogP contribution in [0.1, 0.15) is 5.56 Å². The van der Waals surface area contributed by atoms with Crippen molar-refractivity contribution in [2.45, 2.75) is 6.61 Å². The van der Waals surface area contributed by atoms with Crippen LogP contribution in [-0.2, 0) is 6.61 Å². The van der Waals surface area contributed by atoms with Crippen molar-refractivity contribution in [3.63, 3.8) is 0 Å². The third kappa shape index (κ3) is 3.23. The number of nitrogens with zero attached hydrogens (tertiary/aromatic N) is 1. The van der Waals surface area contributed by atoms with Gasteiger partial charge in [0.05, 0.1) is 12.0 Å². The molecule has 2 aromatic carbocycles. The first-order valence-electron chi connectivity index (χ1n) is 5.80. The Kier molecular flexibility index (Phi) is 4.14. The largest absolute Gasteiger partial charge is 0.497 e. The van der Waals surface area contributed by atoms with Crippen molar-refractivity contribution in [3.8, 4) is 11.5 Å². The summed E-state index contributed by atoms with van der Waals surface area (Å²) in [5.74, 6) is 0.349. The number of ether oxygens (including phenoxy) is 2. The van der Waals surface area contributed by atoms with E-state index in [2.05, 4.69) is 0 Å². The molecular weight excluding hydrogens is 265 g/mol. The standard InChI is InChI=1S/C14H12FNO4/c1-19-11-3-2-4-12(8-11)20-9-10-5-6-14(16(17)18)13(15)7-10/h2-8H,9H2,1H3. The third-order valence-corrected chi connectivity index (χ3v) is 2.66. The van der Waals surface area contributed by atoms with E-state index in [0.717, 1.165) is 12.1 Å². The number of nitro groups is 1. The van der Waals surface area contributed by atoms with E-state index < -0.39 is 16.4 Å². The van der Waals surface area contributed by atoms with Gasteiger partial charge in [0.15, 0.2) is 0 Å². The molecule has 0 atom stereocenters. The van der Waals surface area contributed by atoms with Gasteiger partial charge in [-0.2, -0.15) is 4.39 Å². The number of benzene rings is 2.